The van der Waals surface area contributed by atoms with Gasteiger partial charge in [0.1, 0.15) is 0 Å². The number of benzene rings is 2. The first-order chi connectivity index (χ1) is 15.3. The monoisotopic (exact) mass is 435 g/mol. The Labute approximate surface area is 187 Å². The molecular formula is C25H29N3O2S. The van der Waals surface area contributed by atoms with E-state index >= 15 is 0 Å². The maximum absolute atomic E-state index is 11.8. The molecule has 2 heterocycles. The molecule has 5 nitrogen and oxygen atoms in total. The molecule has 31 heavy (non-hydrogen) atoms. The highest BCUT2D eigenvalue weighted by atomic mass is 32.1. The molecule has 162 valence electrons. The average Bonchev–Trinajstić information content (AvgIpc) is 3.30. The second-order valence-electron chi connectivity index (χ2n) is 7.70. The number of piperazine rings is 1. The Bertz CT molecular complexity index is 994. The van der Waals surface area contributed by atoms with E-state index in [2.05, 4.69) is 44.9 Å². The van der Waals surface area contributed by atoms with Gasteiger partial charge in [0.15, 0.2) is 0 Å². The van der Waals surface area contributed by atoms with Crippen molar-refractivity contribution in [3.8, 4) is 0 Å². The highest BCUT2D eigenvalue weighted by Gasteiger charge is 2.18. The molecule has 1 aliphatic heterocycles. The van der Waals surface area contributed by atoms with Gasteiger partial charge in [-0.05, 0) is 54.6 Å². The van der Waals surface area contributed by atoms with E-state index in [0.717, 1.165) is 51.1 Å². The summed E-state index contributed by atoms with van der Waals surface area (Å²) >= 11 is 1.81. The van der Waals surface area contributed by atoms with Crippen LogP contribution in [0, 0.1) is 0 Å². The van der Waals surface area contributed by atoms with Crippen LogP contribution in [0.5, 0.6) is 0 Å². The summed E-state index contributed by atoms with van der Waals surface area (Å²) in [5.74, 6) is -0.236. The average molecular weight is 436 g/mol. The number of carbonyl (C=O) groups excluding carboxylic acids is 1. The predicted octanol–water partition coefficient (Wildman–Crippen LogP) is 4.56. The van der Waals surface area contributed by atoms with Gasteiger partial charge >= 0.3 is 0 Å². The molecule has 2 aromatic carbocycles. The van der Waals surface area contributed by atoms with E-state index in [-0.39, 0.29) is 5.91 Å². The predicted molar refractivity (Wildman–Crippen MR) is 129 cm³/mol. The standard InChI is InChI=1S/C25H29N3O2S/c29-25(12-11-21-7-2-1-3-8-21)26-30-19-5-4-14-27-15-17-28(18-16-27)23-9-6-10-24-22(23)13-20-31-24/h1-3,6-13,20H,4-5,14-19H2,(H,26,29)/b12-11+. The number of thiophene rings is 1. The van der Waals surface area contributed by atoms with Crippen LogP contribution in [0.3, 0.4) is 0 Å². The number of hydroxylamine groups is 1. The molecule has 1 saturated heterocycles. The largest absolute Gasteiger partial charge is 0.368 e. The highest BCUT2D eigenvalue weighted by molar-refractivity contribution is 7.17. The molecule has 0 radical (unpaired) electrons. The van der Waals surface area contributed by atoms with Crippen LogP contribution in [0.4, 0.5) is 5.69 Å². The molecule has 0 unspecified atom stereocenters. The molecule has 4 rings (SSSR count). The zero-order chi connectivity index (χ0) is 21.3. The lowest BCUT2D eigenvalue weighted by Crippen LogP contribution is -2.46. The molecule has 1 aliphatic rings. The van der Waals surface area contributed by atoms with Crippen molar-refractivity contribution in [2.24, 2.45) is 0 Å². The van der Waals surface area contributed by atoms with Gasteiger partial charge in [-0.25, -0.2) is 5.48 Å². The summed E-state index contributed by atoms with van der Waals surface area (Å²) in [5, 5.41) is 3.55. The minimum atomic E-state index is -0.236. The second kappa shape index (κ2) is 11.1. The van der Waals surface area contributed by atoms with Crippen molar-refractivity contribution in [1.29, 1.82) is 0 Å². The lowest BCUT2D eigenvalue weighted by atomic mass is 10.2. The Balaban J connectivity index is 1.09. The summed E-state index contributed by atoms with van der Waals surface area (Å²) in [6, 6.07) is 18.6. The van der Waals surface area contributed by atoms with Gasteiger partial charge < -0.3 is 4.90 Å². The van der Waals surface area contributed by atoms with E-state index in [1.165, 1.54) is 21.8 Å². The first kappa shape index (κ1) is 21.6. The molecule has 1 amide bonds. The summed E-state index contributed by atoms with van der Waals surface area (Å²) in [5.41, 5.74) is 4.84. The van der Waals surface area contributed by atoms with Crippen LogP contribution in [-0.4, -0.2) is 50.1 Å². The zero-order valence-corrected chi connectivity index (χ0v) is 18.5. The zero-order valence-electron chi connectivity index (χ0n) is 17.7. The summed E-state index contributed by atoms with van der Waals surface area (Å²) in [6.07, 6.45) is 5.26. The van der Waals surface area contributed by atoms with E-state index in [0.29, 0.717) is 6.61 Å². The van der Waals surface area contributed by atoms with Gasteiger partial charge in [-0.15, -0.1) is 11.3 Å². The van der Waals surface area contributed by atoms with Crippen LogP contribution in [0.1, 0.15) is 18.4 Å². The fourth-order valence-electron chi connectivity index (χ4n) is 3.87. The molecule has 0 atom stereocenters. The number of amides is 1. The third-order valence-corrected chi connectivity index (χ3v) is 6.44. The van der Waals surface area contributed by atoms with Gasteiger partial charge in [-0.2, -0.15) is 0 Å². The minimum Gasteiger partial charge on any atom is -0.368 e. The van der Waals surface area contributed by atoms with Gasteiger partial charge in [0.05, 0.1) is 6.61 Å². The maximum Gasteiger partial charge on any atom is 0.267 e. The summed E-state index contributed by atoms with van der Waals surface area (Å²) in [7, 11) is 0. The van der Waals surface area contributed by atoms with Crippen molar-refractivity contribution in [1.82, 2.24) is 10.4 Å². The fourth-order valence-corrected chi connectivity index (χ4v) is 4.68. The molecule has 0 saturated carbocycles. The molecule has 0 spiro atoms. The number of carbonyl (C=O) groups is 1. The van der Waals surface area contributed by atoms with Gasteiger partial charge in [0.2, 0.25) is 0 Å². The molecule has 0 bridgehead atoms. The SMILES string of the molecule is O=C(/C=C/c1ccccc1)NOCCCCN1CCN(c2cccc3sccc23)CC1. The van der Waals surface area contributed by atoms with Gasteiger partial charge in [-0.3, -0.25) is 14.5 Å². The number of nitrogens with zero attached hydrogens (tertiary/aromatic N) is 2. The lowest BCUT2D eigenvalue weighted by Gasteiger charge is -2.36. The number of hydrogen-bond acceptors (Lipinski definition) is 5. The number of hydrogen-bond donors (Lipinski definition) is 1. The van der Waals surface area contributed by atoms with E-state index in [1.807, 2.05) is 41.7 Å². The van der Waals surface area contributed by atoms with Crippen molar-refractivity contribution in [2.45, 2.75) is 12.8 Å². The Hall–Kier alpha value is -2.67. The van der Waals surface area contributed by atoms with E-state index in [9.17, 15) is 4.79 Å². The summed E-state index contributed by atoms with van der Waals surface area (Å²) in [4.78, 5) is 22.1. The van der Waals surface area contributed by atoms with Gasteiger partial charge in [0, 0.05) is 48.0 Å². The smallest absolute Gasteiger partial charge is 0.267 e. The molecule has 1 aromatic heterocycles. The summed E-state index contributed by atoms with van der Waals surface area (Å²) < 4.78 is 1.36. The van der Waals surface area contributed by atoms with Gasteiger partial charge in [0.25, 0.3) is 5.91 Å². The van der Waals surface area contributed by atoms with Crippen molar-refractivity contribution in [2.75, 3.05) is 44.2 Å². The Morgan fingerprint density at radius 3 is 2.68 bits per heavy atom. The number of nitrogens with one attached hydrogen (secondary N) is 1. The topological polar surface area (TPSA) is 44.8 Å². The summed E-state index contributed by atoms with van der Waals surface area (Å²) in [6.45, 7) is 5.90. The Morgan fingerprint density at radius 1 is 1.00 bits per heavy atom. The van der Waals surface area contributed by atoms with E-state index in [1.54, 1.807) is 6.08 Å². The fraction of sp³-hybridized carbons (Fsp3) is 0.320. The highest BCUT2D eigenvalue weighted by Crippen LogP contribution is 2.31. The Morgan fingerprint density at radius 2 is 1.84 bits per heavy atom. The van der Waals surface area contributed by atoms with Crippen LogP contribution in [0.15, 0.2) is 66.1 Å². The number of anilines is 1. The normalized spacial score (nSPS) is 15.0. The van der Waals surface area contributed by atoms with E-state index in [4.69, 9.17) is 4.84 Å². The Kier molecular flexibility index (Phi) is 7.71. The van der Waals surface area contributed by atoms with Crippen molar-refractivity contribution in [3.63, 3.8) is 0 Å². The molecule has 1 fully saturated rings. The van der Waals surface area contributed by atoms with Crippen molar-refractivity contribution >= 4 is 39.1 Å². The van der Waals surface area contributed by atoms with Crippen LogP contribution in [0.25, 0.3) is 16.2 Å². The molecule has 0 aliphatic carbocycles. The van der Waals surface area contributed by atoms with Gasteiger partial charge in [-0.1, -0.05) is 36.4 Å². The first-order valence-corrected chi connectivity index (χ1v) is 11.8. The minimum absolute atomic E-state index is 0.236. The molecule has 6 heteroatoms. The van der Waals surface area contributed by atoms with Crippen LogP contribution < -0.4 is 10.4 Å². The van der Waals surface area contributed by atoms with Crippen LogP contribution in [0.2, 0.25) is 0 Å². The van der Waals surface area contributed by atoms with Crippen molar-refractivity contribution < 1.29 is 9.63 Å². The molecule has 3 aromatic rings. The second-order valence-corrected chi connectivity index (χ2v) is 8.65. The number of rotatable bonds is 9. The molecule has 1 N–H and O–H groups in total. The van der Waals surface area contributed by atoms with Crippen LogP contribution in [-0.2, 0) is 9.63 Å². The first-order valence-electron chi connectivity index (χ1n) is 10.9. The van der Waals surface area contributed by atoms with Crippen molar-refractivity contribution in [3.05, 3.63) is 71.6 Å². The van der Waals surface area contributed by atoms with E-state index < -0.39 is 0 Å². The quantitative estimate of drug-likeness (QED) is 0.304. The van der Waals surface area contributed by atoms with Crippen LogP contribution >= 0.6 is 11.3 Å². The number of unbranched alkanes of at least 4 members (excludes halogenated alkanes) is 1. The third kappa shape index (κ3) is 6.17. The number of fused-ring (bicyclic) bond motifs is 1. The third-order valence-electron chi connectivity index (χ3n) is 5.56. The lowest BCUT2D eigenvalue weighted by molar-refractivity contribution is -0.128. The maximum atomic E-state index is 11.8. The molecular weight excluding hydrogens is 406 g/mol.